The van der Waals surface area contributed by atoms with Crippen LogP contribution in [-0.4, -0.2) is 18.7 Å². The fraction of sp³-hybridized carbons (Fsp3) is 0.609. The highest BCUT2D eigenvalue weighted by Crippen LogP contribution is 2.65. The molecule has 5 atom stereocenters. The molecule has 2 saturated carbocycles. The minimum Gasteiger partial charge on any atom is -0.497 e. The van der Waals surface area contributed by atoms with Crippen molar-refractivity contribution >= 4 is 5.97 Å². The summed E-state index contributed by atoms with van der Waals surface area (Å²) in [6.45, 7) is 3.75. The Labute approximate surface area is 156 Å². The van der Waals surface area contributed by atoms with Crippen molar-refractivity contribution in [3.05, 3.63) is 29.3 Å². The molecule has 3 aliphatic carbocycles. The van der Waals surface area contributed by atoms with Gasteiger partial charge in [-0.25, -0.2) is 0 Å². The number of esters is 1. The van der Waals surface area contributed by atoms with Crippen LogP contribution in [0.25, 0.3) is 0 Å². The summed E-state index contributed by atoms with van der Waals surface area (Å²) >= 11 is 0. The topological polar surface area (TPSA) is 35.5 Å². The van der Waals surface area contributed by atoms with Crippen LogP contribution in [-0.2, 0) is 16.0 Å². The van der Waals surface area contributed by atoms with E-state index < -0.39 is 5.60 Å². The molecule has 0 aromatic heterocycles. The highest BCUT2D eigenvalue weighted by atomic mass is 16.6. The van der Waals surface area contributed by atoms with Crippen molar-refractivity contribution in [3.8, 4) is 18.1 Å². The van der Waals surface area contributed by atoms with Crippen molar-refractivity contribution in [2.75, 3.05) is 7.11 Å². The van der Waals surface area contributed by atoms with Gasteiger partial charge in [0.05, 0.1) is 7.11 Å². The predicted octanol–water partition coefficient (Wildman–Crippen LogP) is 4.49. The van der Waals surface area contributed by atoms with Crippen molar-refractivity contribution in [2.45, 2.75) is 63.9 Å². The monoisotopic (exact) mass is 352 g/mol. The van der Waals surface area contributed by atoms with E-state index in [0.29, 0.717) is 17.8 Å². The number of carbonyl (C=O) groups is 1. The van der Waals surface area contributed by atoms with E-state index in [4.69, 9.17) is 15.9 Å². The molecule has 0 radical (unpaired) electrons. The van der Waals surface area contributed by atoms with E-state index in [1.165, 1.54) is 24.5 Å². The van der Waals surface area contributed by atoms with Gasteiger partial charge in [0.1, 0.15) is 5.75 Å². The molecule has 1 aromatic rings. The lowest BCUT2D eigenvalue weighted by Crippen LogP contribution is -2.52. The lowest BCUT2D eigenvalue weighted by atomic mass is 9.53. The molecule has 0 N–H and O–H groups in total. The van der Waals surface area contributed by atoms with Gasteiger partial charge in [0.25, 0.3) is 0 Å². The molecule has 0 heterocycles. The van der Waals surface area contributed by atoms with Crippen LogP contribution in [0.1, 0.15) is 63.0 Å². The number of aryl methyl sites for hydroxylation is 1. The van der Waals surface area contributed by atoms with Crippen LogP contribution in [0.3, 0.4) is 0 Å². The third kappa shape index (κ3) is 2.31. The van der Waals surface area contributed by atoms with Crippen molar-refractivity contribution in [1.82, 2.24) is 0 Å². The largest absolute Gasteiger partial charge is 0.497 e. The van der Waals surface area contributed by atoms with Crippen molar-refractivity contribution in [3.63, 3.8) is 0 Å². The van der Waals surface area contributed by atoms with Crippen LogP contribution in [0, 0.1) is 29.6 Å². The molecule has 0 saturated heterocycles. The standard InChI is InChI=1S/C23H28O3/c1-5-23(26-15(2)24)13-11-21-20-8-6-16-14-17(25-4)7-9-18(16)19(20)10-12-22(21,23)3/h1,7,9,14,19-21H,6,8,10-13H2,2-4H3/t19-,20-,21+,22-,23-/m0/s1. The second kappa shape index (κ2) is 6.05. The summed E-state index contributed by atoms with van der Waals surface area (Å²) in [5.74, 6) is 5.35. The summed E-state index contributed by atoms with van der Waals surface area (Å²) in [6.07, 6.45) is 12.2. The van der Waals surface area contributed by atoms with Gasteiger partial charge in [0, 0.05) is 12.3 Å². The van der Waals surface area contributed by atoms with Crippen LogP contribution in [0.5, 0.6) is 5.75 Å². The minimum atomic E-state index is -0.728. The molecule has 3 aliphatic rings. The SMILES string of the molecule is C#C[C@]1(OC(C)=O)CC[C@@H]2[C@H]3CCc4cc(OC)ccc4[C@@H]3CC[C@@]21C. The Balaban J connectivity index is 1.68. The zero-order valence-corrected chi connectivity index (χ0v) is 16.0. The van der Waals surface area contributed by atoms with E-state index in [1.54, 1.807) is 7.11 Å². The highest BCUT2D eigenvalue weighted by molar-refractivity contribution is 5.67. The van der Waals surface area contributed by atoms with Gasteiger partial charge in [-0.2, -0.15) is 0 Å². The molecule has 2 fully saturated rings. The van der Waals surface area contributed by atoms with Gasteiger partial charge >= 0.3 is 5.97 Å². The van der Waals surface area contributed by atoms with Gasteiger partial charge in [-0.05, 0) is 79.5 Å². The average molecular weight is 352 g/mol. The summed E-state index contributed by atoms with van der Waals surface area (Å²) in [7, 11) is 1.73. The maximum Gasteiger partial charge on any atom is 0.304 e. The first kappa shape index (κ1) is 17.5. The lowest BCUT2D eigenvalue weighted by Gasteiger charge is -2.52. The third-order valence-corrected chi connectivity index (χ3v) is 7.60. The first-order valence-corrected chi connectivity index (χ1v) is 9.78. The van der Waals surface area contributed by atoms with Gasteiger partial charge in [-0.15, -0.1) is 6.42 Å². The zero-order chi connectivity index (χ0) is 18.5. The van der Waals surface area contributed by atoms with E-state index >= 15 is 0 Å². The number of benzene rings is 1. The Bertz CT molecular complexity index is 776. The number of hydrogen-bond acceptors (Lipinski definition) is 3. The van der Waals surface area contributed by atoms with E-state index in [9.17, 15) is 4.79 Å². The molecule has 0 aliphatic heterocycles. The van der Waals surface area contributed by atoms with Gasteiger partial charge in [0.2, 0.25) is 0 Å². The summed E-state index contributed by atoms with van der Waals surface area (Å²) in [4.78, 5) is 11.8. The predicted molar refractivity (Wildman–Crippen MR) is 101 cm³/mol. The number of fused-ring (bicyclic) bond motifs is 5. The number of ether oxygens (including phenoxy) is 2. The van der Waals surface area contributed by atoms with Crippen LogP contribution < -0.4 is 4.74 Å². The first-order chi connectivity index (χ1) is 12.4. The molecule has 0 spiro atoms. The van der Waals surface area contributed by atoms with Crippen LogP contribution in [0.2, 0.25) is 0 Å². The quantitative estimate of drug-likeness (QED) is 0.581. The number of rotatable bonds is 2. The van der Waals surface area contributed by atoms with Crippen molar-refractivity contribution in [1.29, 1.82) is 0 Å². The molecule has 0 unspecified atom stereocenters. The molecule has 4 rings (SSSR count). The summed E-state index contributed by atoms with van der Waals surface area (Å²) in [5, 5.41) is 0. The van der Waals surface area contributed by atoms with Crippen LogP contribution in [0.4, 0.5) is 0 Å². The number of methoxy groups -OCH3 is 1. The third-order valence-electron chi connectivity index (χ3n) is 7.60. The second-order valence-corrected chi connectivity index (χ2v) is 8.54. The Morgan fingerprint density at radius 2 is 2.08 bits per heavy atom. The maximum absolute atomic E-state index is 11.8. The zero-order valence-electron chi connectivity index (χ0n) is 16.0. The van der Waals surface area contributed by atoms with Crippen molar-refractivity contribution < 1.29 is 14.3 Å². The Morgan fingerprint density at radius 1 is 1.27 bits per heavy atom. The smallest absolute Gasteiger partial charge is 0.304 e. The molecule has 3 heteroatoms. The average Bonchev–Trinajstić information content (AvgIpc) is 2.93. The van der Waals surface area contributed by atoms with E-state index in [2.05, 4.69) is 31.0 Å². The van der Waals surface area contributed by atoms with Gasteiger partial charge in [-0.3, -0.25) is 4.79 Å². The minimum absolute atomic E-state index is 0.113. The second-order valence-electron chi connectivity index (χ2n) is 8.54. The van der Waals surface area contributed by atoms with Gasteiger partial charge < -0.3 is 9.47 Å². The Hall–Kier alpha value is -1.95. The molecule has 138 valence electrons. The molecular weight excluding hydrogens is 324 g/mol. The molecular formula is C23H28O3. The number of terminal acetylenes is 1. The maximum atomic E-state index is 11.8. The van der Waals surface area contributed by atoms with Crippen LogP contribution in [0.15, 0.2) is 18.2 Å². The fourth-order valence-corrected chi connectivity index (χ4v) is 6.36. The summed E-state index contributed by atoms with van der Waals surface area (Å²) in [5.41, 5.74) is 2.10. The Kier molecular flexibility index (Phi) is 4.06. The molecule has 3 nitrogen and oxygen atoms in total. The number of hydrogen-bond donors (Lipinski definition) is 0. The van der Waals surface area contributed by atoms with Crippen LogP contribution >= 0.6 is 0 Å². The normalized spacial score (nSPS) is 37.7. The number of carbonyl (C=O) groups excluding carboxylic acids is 1. The Morgan fingerprint density at radius 3 is 2.77 bits per heavy atom. The molecule has 0 bridgehead atoms. The van der Waals surface area contributed by atoms with Gasteiger partial charge in [-0.1, -0.05) is 18.9 Å². The van der Waals surface area contributed by atoms with Crippen molar-refractivity contribution in [2.24, 2.45) is 17.3 Å². The van der Waals surface area contributed by atoms with E-state index in [1.807, 2.05) is 0 Å². The fourth-order valence-electron chi connectivity index (χ4n) is 6.36. The highest BCUT2D eigenvalue weighted by Gasteiger charge is 2.63. The van der Waals surface area contributed by atoms with E-state index in [0.717, 1.165) is 37.9 Å². The van der Waals surface area contributed by atoms with Gasteiger partial charge in [0.15, 0.2) is 5.60 Å². The molecule has 1 aromatic carbocycles. The molecule has 0 amide bonds. The summed E-state index contributed by atoms with van der Waals surface area (Å²) < 4.78 is 11.2. The first-order valence-electron chi connectivity index (χ1n) is 9.78. The van der Waals surface area contributed by atoms with E-state index in [-0.39, 0.29) is 11.4 Å². The molecule has 26 heavy (non-hydrogen) atoms. The summed E-state index contributed by atoms with van der Waals surface area (Å²) in [6, 6.07) is 6.57. The lowest BCUT2D eigenvalue weighted by molar-refractivity contribution is -0.165.